The highest BCUT2D eigenvalue weighted by atomic mass is 35.5. The Bertz CT molecular complexity index is 1420. The van der Waals surface area contributed by atoms with E-state index in [0.29, 0.717) is 16.9 Å². The van der Waals surface area contributed by atoms with Gasteiger partial charge >= 0.3 is 6.36 Å². The molecule has 192 valence electrons. The highest BCUT2D eigenvalue weighted by Crippen LogP contribution is 2.52. The Balaban J connectivity index is 1.74. The topological polar surface area (TPSA) is 87.7 Å². The first-order valence-corrected chi connectivity index (χ1v) is 13.2. The molecule has 0 amide bonds. The molecule has 12 heteroatoms. The van der Waals surface area contributed by atoms with Gasteiger partial charge in [-0.15, -0.1) is 13.2 Å². The summed E-state index contributed by atoms with van der Waals surface area (Å²) in [5.74, 6) is -1.03. The Kier molecular flexibility index (Phi) is 6.85. The number of para-hydroxylation sites is 1. The van der Waals surface area contributed by atoms with Gasteiger partial charge in [-0.3, -0.25) is 0 Å². The Morgan fingerprint density at radius 3 is 2.31 bits per heavy atom. The van der Waals surface area contributed by atoms with Gasteiger partial charge in [0.1, 0.15) is 11.4 Å². The van der Waals surface area contributed by atoms with E-state index < -0.39 is 33.5 Å². The summed E-state index contributed by atoms with van der Waals surface area (Å²) in [5.41, 5.74) is 0.707. The second-order valence-electron chi connectivity index (χ2n) is 8.54. The van der Waals surface area contributed by atoms with Gasteiger partial charge in [0.2, 0.25) is 0 Å². The van der Waals surface area contributed by atoms with Crippen LogP contribution >= 0.6 is 23.2 Å². The van der Waals surface area contributed by atoms with Crippen molar-refractivity contribution < 1.29 is 31.4 Å². The summed E-state index contributed by atoms with van der Waals surface area (Å²) in [6, 6.07) is 13.2. The minimum Gasteiger partial charge on any atom is -0.405 e. The molecule has 2 unspecified atom stereocenters. The number of sulfone groups is 1. The van der Waals surface area contributed by atoms with Gasteiger partial charge in [0, 0.05) is 23.3 Å². The molecule has 0 saturated carbocycles. The molecule has 3 aromatic rings. The number of hydrogen-bond acceptors (Lipinski definition) is 6. The molecule has 4 rings (SSSR count). The number of rotatable bonds is 6. The number of aliphatic hydroxyl groups is 1. The maximum atomic E-state index is 13.0. The lowest BCUT2D eigenvalue weighted by Crippen LogP contribution is -2.46. The van der Waals surface area contributed by atoms with Crippen molar-refractivity contribution in [1.29, 1.82) is 0 Å². The summed E-state index contributed by atoms with van der Waals surface area (Å²) in [6.45, 7) is 1.45. The van der Waals surface area contributed by atoms with Crippen LogP contribution in [-0.4, -0.2) is 38.4 Å². The van der Waals surface area contributed by atoms with E-state index in [1.807, 2.05) is 0 Å². The lowest BCUT2D eigenvalue weighted by molar-refractivity contribution is -0.274. The number of fused-ring (bicyclic) bond motifs is 1. The van der Waals surface area contributed by atoms with Crippen molar-refractivity contribution in [2.24, 2.45) is 0 Å². The Hall–Kier alpha value is -2.66. The Labute approximate surface area is 215 Å². The van der Waals surface area contributed by atoms with Crippen molar-refractivity contribution >= 4 is 44.4 Å². The summed E-state index contributed by atoms with van der Waals surface area (Å²) in [6.07, 6.45) is -3.81. The molecule has 3 N–H and O–H groups in total. The molecule has 6 nitrogen and oxygen atoms in total. The average Bonchev–Trinajstić information content (AvgIpc) is 3.11. The van der Waals surface area contributed by atoms with Crippen molar-refractivity contribution in [1.82, 2.24) is 0 Å². The largest absolute Gasteiger partial charge is 0.573 e. The highest BCUT2D eigenvalue weighted by molar-refractivity contribution is 7.90. The van der Waals surface area contributed by atoms with Gasteiger partial charge in [-0.05, 0) is 36.8 Å². The van der Waals surface area contributed by atoms with E-state index in [4.69, 9.17) is 23.2 Å². The zero-order chi connectivity index (χ0) is 26.5. The highest BCUT2D eigenvalue weighted by Gasteiger charge is 2.42. The number of aliphatic hydroxyl groups excluding tert-OH is 1. The van der Waals surface area contributed by atoms with Crippen LogP contribution in [0.3, 0.4) is 0 Å². The van der Waals surface area contributed by atoms with Gasteiger partial charge in [-0.25, -0.2) is 8.42 Å². The molecule has 0 aromatic heterocycles. The second kappa shape index (κ2) is 9.33. The summed E-state index contributed by atoms with van der Waals surface area (Å²) in [7, 11) is -3.39. The first kappa shape index (κ1) is 26.4. The van der Waals surface area contributed by atoms with Gasteiger partial charge in [-0.2, -0.15) is 0 Å². The fourth-order valence-electron chi connectivity index (χ4n) is 4.29. The van der Waals surface area contributed by atoms with Crippen molar-refractivity contribution in [2.45, 2.75) is 29.8 Å². The fraction of sp³-hybridized carbons (Fsp3) is 0.250. The smallest absolute Gasteiger partial charge is 0.405 e. The van der Waals surface area contributed by atoms with Crippen molar-refractivity contribution in [3.63, 3.8) is 0 Å². The van der Waals surface area contributed by atoms with Crippen LogP contribution in [0.4, 0.5) is 24.5 Å². The van der Waals surface area contributed by atoms with E-state index in [1.54, 1.807) is 19.1 Å². The molecule has 0 bridgehead atoms. The van der Waals surface area contributed by atoms with Gasteiger partial charge in [0.25, 0.3) is 0 Å². The van der Waals surface area contributed by atoms with E-state index in [2.05, 4.69) is 15.4 Å². The van der Waals surface area contributed by atoms with E-state index in [1.165, 1.54) is 42.5 Å². The maximum absolute atomic E-state index is 13.0. The normalized spacial score (nSPS) is 18.2. The summed E-state index contributed by atoms with van der Waals surface area (Å²) in [5, 5.41) is 16.9. The predicted octanol–water partition coefficient (Wildman–Crippen LogP) is 6.29. The summed E-state index contributed by atoms with van der Waals surface area (Å²) >= 11 is 13.2. The number of anilines is 2. The van der Waals surface area contributed by atoms with Crippen molar-refractivity contribution in [2.75, 3.05) is 23.5 Å². The van der Waals surface area contributed by atoms with Crippen LogP contribution < -0.4 is 15.4 Å². The van der Waals surface area contributed by atoms with Crippen LogP contribution in [-0.2, 0) is 9.84 Å². The van der Waals surface area contributed by atoms with Crippen LogP contribution in [0.2, 0.25) is 10.0 Å². The zero-order valence-electron chi connectivity index (χ0n) is 19.0. The molecule has 2 atom stereocenters. The van der Waals surface area contributed by atoms with E-state index in [9.17, 15) is 26.7 Å². The van der Waals surface area contributed by atoms with E-state index in [-0.39, 0.29) is 32.7 Å². The molecular formula is C24H21Cl2F3N2O4S. The molecule has 0 radical (unpaired) electrons. The SMILES string of the molecule is CC1(C(CO)c2ccc(S(C)(=O)=O)cc2)Nc2cc(Cl)c(-c3ccccc3OC(F)(F)F)c(Cl)c2N1. The Morgan fingerprint density at radius 2 is 1.72 bits per heavy atom. The van der Waals surface area contributed by atoms with Crippen LogP contribution in [0.1, 0.15) is 18.4 Å². The first-order valence-electron chi connectivity index (χ1n) is 10.6. The third-order valence-electron chi connectivity index (χ3n) is 5.97. The monoisotopic (exact) mass is 560 g/mol. The van der Waals surface area contributed by atoms with Crippen LogP contribution in [0, 0.1) is 0 Å². The first-order chi connectivity index (χ1) is 16.7. The fourth-order valence-corrected chi connectivity index (χ4v) is 5.62. The third kappa shape index (κ3) is 5.08. The average molecular weight is 561 g/mol. The molecule has 3 aromatic carbocycles. The molecule has 0 spiro atoms. The van der Waals surface area contributed by atoms with Crippen LogP contribution in [0.15, 0.2) is 59.5 Å². The number of hydrogen-bond donors (Lipinski definition) is 3. The van der Waals surface area contributed by atoms with Crippen LogP contribution in [0.5, 0.6) is 5.75 Å². The van der Waals surface area contributed by atoms with Gasteiger partial charge in [0.05, 0.1) is 32.9 Å². The number of ether oxygens (including phenoxy) is 1. The number of benzene rings is 3. The van der Waals surface area contributed by atoms with Gasteiger partial charge in [0.15, 0.2) is 9.84 Å². The number of halogens is 5. The molecule has 1 aliphatic rings. The molecule has 1 aliphatic heterocycles. The minimum absolute atomic E-state index is 0.0538. The molecular weight excluding hydrogens is 540 g/mol. The number of nitrogens with one attached hydrogen (secondary N) is 2. The quantitative estimate of drug-likeness (QED) is 0.328. The number of alkyl halides is 3. The Morgan fingerprint density at radius 1 is 1.08 bits per heavy atom. The summed E-state index contributed by atoms with van der Waals surface area (Å²) in [4.78, 5) is 0.142. The molecule has 36 heavy (non-hydrogen) atoms. The molecule has 0 aliphatic carbocycles. The van der Waals surface area contributed by atoms with E-state index >= 15 is 0 Å². The van der Waals surface area contributed by atoms with Crippen molar-refractivity contribution in [3.05, 3.63) is 70.2 Å². The molecule has 0 fully saturated rings. The van der Waals surface area contributed by atoms with Gasteiger partial charge < -0.3 is 20.5 Å². The lowest BCUT2D eigenvalue weighted by atomic mass is 9.88. The zero-order valence-corrected chi connectivity index (χ0v) is 21.3. The standard InChI is InChI=1S/C24H21Cl2F3N2O4S/c1-23(16(12-32)13-7-9-14(10-8-13)36(2,33)34)30-18-11-17(25)20(21(26)22(18)31-23)15-5-3-4-6-19(15)35-24(27,28)29/h3-11,16,30-32H,12H2,1-2H3. The predicted molar refractivity (Wildman–Crippen MR) is 134 cm³/mol. The minimum atomic E-state index is -4.91. The summed E-state index contributed by atoms with van der Waals surface area (Å²) < 4.78 is 66.7. The lowest BCUT2D eigenvalue weighted by Gasteiger charge is -2.34. The van der Waals surface area contributed by atoms with E-state index in [0.717, 1.165) is 6.26 Å². The van der Waals surface area contributed by atoms with Crippen LogP contribution in [0.25, 0.3) is 11.1 Å². The van der Waals surface area contributed by atoms with Crippen molar-refractivity contribution in [3.8, 4) is 16.9 Å². The van der Waals surface area contributed by atoms with Gasteiger partial charge in [-0.1, -0.05) is 53.5 Å². The third-order valence-corrected chi connectivity index (χ3v) is 7.77. The molecule has 0 saturated heterocycles. The maximum Gasteiger partial charge on any atom is 0.573 e. The molecule has 1 heterocycles. The second-order valence-corrected chi connectivity index (χ2v) is 11.3.